The van der Waals surface area contributed by atoms with E-state index in [0.29, 0.717) is 5.13 Å². The Balaban J connectivity index is 1.90. The molecule has 106 valence electrons. The molecule has 1 aliphatic carbocycles. The number of aliphatic hydroxyl groups is 1. The summed E-state index contributed by atoms with van der Waals surface area (Å²) in [4.78, 5) is 16.2. The third kappa shape index (κ3) is 3.25. The number of aryl methyl sites for hydroxylation is 1. The highest BCUT2D eigenvalue weighted by atomic mass is 32.1. The van der Waals surface area contributed by atoms with Gasteiger partial charge in [-0.05, 0) is 19.3 Å². The molecule has 1 heterocycles. The number of aliphatic hydroxyl groups excluding tert-OH is 1. The average Bonchev–Trinajstić information content (AvgIpc) is 2.98. The van der Waals surface area contributed by atoms with E-state index in [-0.39, 0.29) is 24.1 Å². The SMILES string of the molecule is CCc1csc(NC(=O)NC2CCCC2(C)CO)n1. The molecule has 0 aliphatic heterocycles. The monoisotopic (exact) mass is 283 g/mol. The van der Waals surface area contributed by atoms with Crippen molar-refractivity contribution in [2.24, 2.45) is 5.41 Å². The van der Waals surface area contributed by atoms with Crippen LogP contribution in [-0.4, -0.2) is 28.8 Å². The molecule has 5 nitrogen and oxygen atoms in total. The molecular weight excluding hydrogens is 262 g/mol. The summed E-state index contributed by atoms with van der Waals surface area (Å²) in [6.45, 7) is 4.16. The standard InChI is InChI=1S/C13H21N3O2S/c1-3-9-7-19-12(14-9)16-11(18)15-10-5-4-6-13(10,2)8-17/h7,10,17H,3-6,8H2,1-2H3,(H2,14,15,16,18). The van der Waals surface area contributed by atoms with Gasteiger partial charge in [-0.3, -0.25) is 5.32 Å². The molecule has 0 radical (unpaired) electrons. The molecule has 6 heteroatoms. The lowest BCUT2D eigenvalue weighted by Crippen LogP contribution is -2.46. The van der Waals surface area contributed by atoms with Crippen LogP contribution in [0.5, 0.6) is 0 Å². The van der Waals surface area contributed by atoms with Crippen molar-refractivity contribution in [2.75, 3.05) is 11.9 Å². The lowest BCUT2D eigenvalue weighted by molar-refractivity contribution is 0.122. The zero-order valence-electron chi connectivity index (χ0n) is 11.4. The molecule has 19 heavy (non-hydrogen) atoms. The Morgan fingerprint density at radius 3 is 3.11 bits per heavy atom. The van der Waals surface area contributed by atoms with E-state index in [1.165, 1.54) is 11.3 Å². The summed E-state index contributed by atoms with van der Waals surface area (Å²) in [5.41, 5.74) is 0.788. The summed E-state index contributed by atoms with van der Waals surface area (Å²) in [5, 5.41) is 17.7. The number of carbonyl (C=O) groups excluding carboxylic acids is 1. The topological polar surface area (TPSA) is 74.2 Å². The zero-order valence-corrected chi connectivity index (χ0v) is 12.2. The molecule has 1 aromatic heterocycles. The number of rotatable bonds is 4. The van der Waals surface area contributed by atoms with E-state index in [9.17, 15) is 9.90 Å². The smallest absolute Gasteiger partial charge is 0.321 e. The Morgan fingerprint density at radius 1 is 1.68 bits per heavy atom. The maximum absolute atomic E-state index is 11.9. The van der Waals surface area contributed by atoms with Gasteiger partial charge in [-0.2, -0.15) is 0 Å². The van der Waals surface area contributed by atoms with Crippen LogP contribution in [0.2, 0.25) is 0 Å². The second-order valence-electron chi connectivity index (χ2n) is 5.35. The van der Waals surface area contributed by atoms with Crippen molar-refractivity contribution in [1.29, 1.82) is 0 Å². The van der Waals surface area contributed by atoms with Crippen LogP contribution < -0.4 is 10.6 Å². The maximum atomic E-state index is 11.9. The Hall–Kier alpha value is -1.14. The van der Waals surface area contributed by atoms with Gasteiger partial charge in [0.15, 0.2) is 5.13 Å². The molecule has 1 fully saturated rings. The first kappa shape index (κ1) is 14.3. The molecule has 0 bridgehead atoms. The van der Waals surface area contributed by atoms with Crippen molar-refractivity contribution >= 4 is 22.5 Å². The van der Waals surface area contributed by atoms with Crippen LogP contribution in [0.15, 0.2) is 5.38 Å². The third-order valence-electron chi connectivity index (χ3n) is 3.88. The van der Waals surface area contributed by atoms with Crippen molar-refractivity contribution < 1.29 is 9.90 Å². The molecule has 2 unspecified atom stereocenters. The van der Waals surface area contributed by atoms with Gasteiger partial charge in [-0.1, -0.05) is 20.3 Å². The predicted molar refractivity (Wildman–Crippen MR) is 76.5 cm³/mol. The van der Waals surface area contributed by atoms with Gasteiger partial charge in [-0.15, -0.1) is 11.3 Å². The maximum Gasteiger partial charge on any atom is 0.321 e. The number of nitrogens with one attached hydrogen (secondary N) is 2. The second kappa shape index (κ2) is 5.88. The molecule has 0 aromatic carbocycles. The quantitative estimate of drug-likeness (QED) is 0.794. The molecule has 1 aliphatic rings. The first-order chi connectivity index (χ1) is 9.07. The number of amides is 2. The van der Waals surface area contributed by atoms with E-state index < -0.39 is 0 Å². The lowest BCUT2D eigenvalue weighted by atomic mass is 9.86. The second-order valence-corrected chi connectivity index (χ2v) is 6.21. The van der Waals surface area contributed by atoms with Crippen molar-refractivity contribution in [3.05, 3.63) is 11.1 Å². The van der Waals surface area contributed by atoms with Crippen LogP contribution in [0.4, 0.5) is 9.93 Å². The fourth-order valence-corrected chi connectivity index (χ4v) is 3.28. The molecular formula is C13H21N3O2S. The van der Waals surface area contributed by atoms with Gasteiger partial charge in [0.1, 0.15) is 0 Å². The van der Waals surface area contributed by atoms with E-state index >= 15 is 0 Å². The minimum atomic E-state index is -0.233. The summed E-state index contributed by atoms with van der Waals surface area (Å²) in [7, 11) is 0. The van der Waals surface area contributed by atoms with Crippen LogP contribution >= 0.6 is 11.3 Å². The van der Waals surface area contributed by atoms with Gasteiger partial charge < -0.3 is 10.4 Å². The van der Waals surface area contributed by atoms with Crippen LogP contribution in [0.1, 0.15) is 38.8 Å². The molecule has 0 saturated heterocycles. The van der Waals surface area contributed by atoms with Gasteiger partial charge in [0.25, 0.3) is 0 Å². The van der Waals surface area contributed by atoms with E-state index in [4.69, 9.17) is 0 Å². The van der Waals surface area contributed by atoms with Crippen molar-refractivity contribution in [2.45, 2.75) is 45.6 Å². The summed E-state index contributed by atoms with van der Waals surface area (Å²) in [6.07, 6.45) is 3.78. The molecule has 1 saturated carbocycles. The number of nitrogens with zero attached hydrogens (tertiary/aromatic N) is 1. The summed E-state index contributed by atoms with van der Waals surface area (Å²) in [6, 6.07) is -0.202. The predicted octanol–water partition coefficient (Wildman–Crippen LogP) is 2.38. The molecule has 3 N–H and O–H groups in total. The normalized spacial score (nSPS) is 26.4. The fraction of sp³-hybridized carbons (Fsp3) is 0.692. The van der Waals surface area contributed by atoms with Gasteiger partial charge in [0.05, 0.1) is 12.3 Å². The molecule has 2 rings (SSSR count). The Labute approximate surface area is 117 Å². The van der Waals surface area contributed by atoms with E-state index in [1.54, 1.807) is 0 Å². The Kier molecular flexibility index (Phi) is 4.42. The number of hydrogen-bond acceptors (Lipinski definition) is 4. The Bertz CT molecular complexity index is 449. The highest BCUT2D eigenvalue weighted by Gasteiger charge is 2.39. The summed E-state index contributed by atoms with van der Waals surface area (Å²) >= 11 is 1.43. The van der Waals surface area contributed by atoms with E-state index in [2.05, 4.69) is 15.6 Å². The summed E-state index contributed by atoms with van der Waals surface area (Å²) in [5.74, 6) is 0. The van der Waals surface area contributed by atoms with Crippen molar-refractivity contribution in [3.63, 3.8) is 0 Å². The van der Waals surface area contributed by atoms with Crippen LogP contribution in [0.25, 0.3) is 0 Å². The van der Waals surface area contributed by atoms with Crippen molar-refractivity contribution in [3.8, 4) is 0 Å². The molecule has 2 amide bonds. The van der Waals surface area contributed by atoms with Crippen LogP contribution in [-0.2, 0) is 6.42 Å². The highest BCUT2D eigenvalue weighted by molar-refractivity contribution is 7.13. The van der Waals surface area contributed by atoms with E-state index in [0.717, 1.165) is 31.4 Å². The lowest BCUT2D eigenvalue weighted by Gasteiger charge is -2.29. The number of anilines is 1. The largest absolute Gasteiger partial charge is 0.396 e. The first-order valence-electron chi connectivity index (χ1n) is 6.70. The third-order valence-corrected chi connectivity index (χ3v) is 4.69. The molecule has 2 atom stereocenters. The van der Waals surface area contributed by atoms with Crippen LogP contribution in [0.3, 0.4) is 0 Å². The number of aromatic nitrogens is 1. The average molecular weight is 283 g/mol. The van der Waals surface area contributed by atoms with Crippen LogP contribution in [0, 0.1) is 5.41 Å². The van der Waals surface area contributed by atoms with Crippen molar-refractivity contribution in [1.82, 2.24) is 10.3 Å². The zero-order chi connectivity index (χ0) is 13.9. The van der Waals surface area contributed by atoms with Gasteiger partial charge >= 0.3 is 6.03 Å². The highest BCUT2D eigenvalue weighted by Crippen LogP contribution is 2.37. The molecule has 0 spiro atoms. The number of hydrogen-bond donors (Lipinski definition) is 3. The van der Waals surface area contributed by atoms with E-state index in [1.807, 2.05) is 19.2 Å². The number of thiazole rings is 1. The first-order valence-corrected chi connectivity index (χ1v) is 7.58. The number of urea groups is 1. The fourth-order valence-electron chi connectivity index (χ4n) is 2.49. The van der Waals surface area contributed by atoms with Gasteiger partial charge in [-0.25, -0.2) is 9.78 Å². The van der Waals surface area contributed by atoms with Gasteiger partial charge in [0.2, 0.25) is 0 Å². The number of carbonyl (C=O) groups is 1. The molecule has 1 aromatic rings. The minimum absolute atomic E-state index is 0.0307. The minimum Gasteiger partial charge on any atom is -0.396 e. The Morgan fingerprint density at radius 2 is 2.47 bits per heavy atom. The van der Waals surface area contributed by atoms with Gasteiger partial charge in [0, 0.05) is 16.8 Å². The summed E-state index contributed by atoms with van der Waals surface area (Å²) < 4.78 is 0.